The summed E-state index contributed by atoms with van der Waals surface area (Å²) >= 11 is 0. The molecule has 0 saturated carbocycles. The van der Waals surface area contributed by atoms with E-state index in [4.69, 9.17) is 5.26 Å². The van der Waals surface area contributed by atoms with Crippen LogP contribution in [0.3, 0.4) is 0 Å². The van der Waals surface area contributed by atoms with Crippen LogP contribution >= 0.6 is 0 Å². The summed E-state index contributed by atoms with van der Waals surface area (Å²) in [4.78, 5) is 11.7. The smallest absolute Gasteiger partial charge is 0.348 e. The van der Waals surface area contributed by atoms with Gasteiger partial charge < -0.3 is 9.88 Å². The summed E-state index contributed by atoms with van der Waals surface area (Å²) in [5.41, 5.74) is -2.42. The van der Waals surface area contributed by atoms with E-state index in [1.165, 1.54) is 29.7 Å². The number of nitrogens with one attached hydrogen (secondary N) is 1. The summed E-state index contributed by atoms with van der Waals surface area (Å²) in [6, 6.07) is 4.78. The van der Waals surface area contributed by atoms with E-state index in [9.17, 15) is 30.4 Å². The van der Waals surface area contributed by atoms with Gasteiger partial charge in [0, 0.05) is 25.5 Å². The summed E-state index contributed by atoms with van der Waals surface area (Å²) in [5.74, 6) is -1.05. The molecular formula is C22H20F5N7O2S. The first-order valence-electron chi connectivity index (χ1n) is 10.8. The first-order chi connectivity index (χ1) is 17.3. The molecule has 0 aliphatic carbocycles. The zero-order chi connectivity index (χ0) is 27.1. The lowest BCUT2D eigenvalue weighted by atomic mass is 10.1. The van der Waals surface area contributed by atoms with Crippen LogP contribution in [-0.2, 0) is 16.2 Å². The lowest BCUT2D eigenvalue weighted by Gasteiger charge is -2.33. The molecule has 1 aliphatic rings. The lowest BCUT2D eigenvalue weighted by Crippen LogP contribution is -2.49. The van der Waals surface area contributed by atoms with Gasteiger partial charge in [0.05, 0.1) is 23.5 Å². The van der Waals surface area contributed by atoms with Crippen LogP contribution in [0.5, 0.6) is 0 Å². The van der Waals surface area contributed by atoms with Crippen LogP contribution in [0.2, 0.25) is 0 Å². The standard InChI is InChI=1S/C22H20F5N7O2S/c1-12-30-17(11-34(12)18-5-3-4-13(8-28)19(18)24)20-14(22(25,26)27)9-29-21(32-20)31-16-6-7-33(10-15(16)23)37(2,35)36/h3-5,9,11,15-16H,6-7,10H2,1-2H3,(H,29,31,32)/t15-,16+/m1/s1. The number of halogens is 5. The van der Waals surface area contributed by atoms with Crippen molar-refractivity contribution in [2.45, 2.75) is 31.7 Å². The maximum Gasteiger partial charge on any atom is 0.420 e. The van der Waals surface area contributed by atoms with Crippen LogP contribution in [0.15, 0.2) is 30.6 Å². The Kier molecular flexibility index (Phi) is 6.91. The number of aryl methyl sites for hydroxylation is 1. The fraction of sp³-hybridized carbons (Fsp3) is 0.364. The maximum absolute atomic E-state index is 14.7. The molecule has 0 radical (unpaired) electrons. The Balaban J connectivity index is 1.70. The van der Waals surface area contributed by atoms with Gasteiger partial charge in [0.1, 0.15) is 35.0 Å². The number of alkyl halides is 4. The van der Waals surface area contributed by atoms with Crippen molar-refractivity contribution in [1.29, 1.82) is 5.26 Å². The number of benzene rings is 1. The molecule has 2 aromatic heterocycles. The highest BCUT2D eigenvalue weighted by Gasteiger charge is 2.37. The number of sulfonamides is 1. The highest BCUT2D eigenvalue weighted by Crippen LogP contribution is 2.36. The zero-order valence-corrected chi connectivity index (χ0v) is 20.3. The van der Waals surface area contributed by atoms with Gasteiger partial charge in [-0.2, -0.15) is 22.7 Å². The third kappa shape index (κ3) is 5.39. The van der Waals surface area contributed by atoms with E-state index < -0.39 is 52.0 Å². The van der Waals surface area contributed by atoms with E-state index in [1.807, 2.05) is 0 Å². The van der Waals surface area contributed by atoms with Gasteiger partial charge in [-0.25, -0.2) is 32.2 Å². The van der Waals surface area contributed by atoms with Crippen LogP contribution in [0.4, 0.5) is 27.9 Å². The molecule has 9 nitrogen and oxygen atoms in total. The normalized spacial score (nSPS) is 19.0. The summed E-state index contributed by atoms with van der Waals surface area (Å²) in [6.45, 7) is 1.04. The van der Waals surface area contributed by atoms with Crippen LogP contribution < -0.4 is 5.32 Å². The number of imidazole rings is 1. The minimum Gasteiger partial charge on any atom is -0.348 e. The van der Waals surface area contributed by atoms with E-state index in [1.54, 1.807) is 6.07 Å². The maximum atomic E-state index is 14.7. The Bertz CT molecular complexity index is 1480. The number of hydrogen-bond donors (Lipinski definition) is 1. The second-order valence-electron chi connectivity index (χ2n) is 8.42. The third-order valence-corrected chi connectivity index (χ3v) is 7.13. The van der Waals surface area contributed by atoms with E-state index in [2.05, 4.69) is 20.3 Å². The minimum absolute atomic E-state index is 0.0152. The predicted octanol–water partition coefficient (Wildman–Crippen LogP) is 3.45. The van der Waals surface area contributed by atoms with Gasteiger partial charge in [0.2, 0.25) is 16.0 Å². The van der Waals surface area contributed by atoms with Crippen LogP contribution in [0, 0.1) is 24.1 Å². The van der Waals surface area contributed by atoms with Crippen molar-refractivity contribution in [3.8, 4) is 23.1 Å². The van der Waals surface area contributed by atoms with Gasteiger partial charge in [0.15, 0.2) is 5.82 Å². The van der Waals surface area contributed by atoms with Crippen LogP contribution in [0.1, 0.15) is 23.4 Å². The molecule has 1 aliphatic heterocycles. The molecule has 1 fully saturated rings. The number of hydrogen-bond acceptors (Lipinski definition) is 7. The van der Waals surface area contributed by atoms with E-state index >= 15 is 0 Å². The monoisotopic (exact) mass is 541 g/mol. The quantitative estimate of drug-likeness (QED) is 0.492. The molecule has 0 spiro atoms. The lowest BCUT2D eigenvalue weighted by molar-refractivity contribution is -0.137. The van der Waals surface area contributed by atoms with Crippen molar-refractivity contribution in [1.82, 2.24) is 23.8 Å². The van der Waals surface area contributed by atoms with Crippen molar-refractivity contribution < 1.29 is 30.4 Å². The van der Waals surface area contributed by atoms with E-state index in [-0.39, 0.29) is 41.7 Å². The average Bonchev–Trinajstić information content (AvgIpc) is 3.20. The largest absolute Gasteiger partial charge is 0.420 e. The Morgan fingerprint density at radius 1 is 1.24 bits per heavy atom. The van der Waals surface area contributed by atoms with E-state index in [0.717, 1.165) is 16.8 Å². The number of rotatable bonds is 5. The van der Waals surface area contributed by atoms with Crippen LogP contribution in [-0.4, -0.2) is 63.8 Å². The molecule has 37 heavy (non-hydrogen) atoms. The Hall–Kier alpha value is -3.64. The second-order valence-corrected chi connectivity index (χ2v) is 10.4. The molecule has 1 aromatic carbocycles. The average molecular weight is 542 g/mol. The Morgan fingerprint density at radius 3 is 2.59 bits per heavy atom. The topological polar surface area (TPSA) is 117 Å². The number of piperidine rings is 1. The summed E-state index contributed by atoms with van der Waals surface area (Å²) in [7, 11) is -3.60. The van der Waals surface area contributed by atoms with Crippen molar-refractivity contribution in [3.63, 3.8) is 0 Å². The van der Waals surface area contributed by atoms with Gasteiger partial charge in [-0.3, -0.25) is 0 Å². The molecule has 0 unspecified atom stereocenters. The Labute approximate surface area is 208 Å². The SMILES string of the molecule is Cc1nc(-c2nc(N[C@H]3CCN(S(C)(=O)=O)C[C@H]3F)ncc2C(F)(F)F)cn1-c1cccc(C#N)c1F. The van der Waals surface area contributed by atoms with Gasteiger partial charge in [0.25, 0.3) is 0 Å². The van der Waals surface area contributed by atoms with Gasteiger partial charge in [-0.05, 0) is 25.5 Å². The van der Waals surface area contributed by atoms with Crippen molar-refractivity contribution >= 4 is 16.0 Å². The predicted molar refractivity (Wildman–Crippen MR) is 122 cm³/mol. The van der Waals surface area contributed by atoms with Gasteiger partial charge in [-0.1, -0.05) is 6.07 Å². The number of aromatic nitrogens is 4. The molecule has 1 saturated heterocycles. The molecule has 3 aromatic rings. The summed E-state index contributed by atoms with van der Waals surface area (Å²) in [6.07, 6.45) is -3.83. The molecule has 1 N–H and O–H groups in total. The number of nitriles is 1. The molecule has 196 valence electrons. The summed E-state index contributed by atoms with van der Waals surface area (Å²) < 4.78 is 96.3. The first-order valence-corrected chi connectivity index (χ1v) is 12.7. The molecule has 0 amide bonds. The molecule has 3 heterocycles. The molecule has 0 bridgehead atoms. The first kappa shape index (κ1) is 26.4. The zero-order valence-electron chi connectivity index (χ0n) is 19.5. The van der Waals surface area contributed by atoms with E-state index in [0.29, 0.717) is 6.20 Å². The number of nitrogens with zero attached hydrogens (tertiary/aromatic N) is 6. The fourth-order valence-electron chi connectivity index (χ4n) is 3.98. The van der Waals surface area contributed by atoms with Crippen molar-refractivity contribution in [2.24, 2.45) is 0 Å². The molecule has 15 heteroatoms. The molecule has 2 atom stereocenters. The van der Waals surface area contributed by atoms with Crippen LogP contribution in [0.25, 0.3) is 17.1 Å². The highest BCUT2D eigenvalue weighted by molar-refractivity contribution is 7.88. The molecular weight excluding hydrogens is 521 g/mol. The van der Waals surface area contributed by atoms with Crippen molar-refractivity contribution in [2.75, 3.05) is 24.7 Å². The minimum atomic E-state index is -4.86. The second kappa shape index (κ2) is 9.67. The summed E-state index contributed by atoms with van der Waals surface area (Å²) in [5, 5.41) is 11.7. The highest BCUT2D eigenvalue weighted by atomic mass is 32.2. The van der Waals surface area contributed by atoms with Crippen molar-refractivity contribution in [3.05, 3.63) is 53.4 Å². The van der Waals surface area contributed by atoms with Gasteiger partial charge in [-0.15, -0.1) is 0 Å². The van der Waals surface area contributed by atoms with Gasteiger partial charge >= 0.3 is 6.18 Å². The molecule has 4 rings (SSSR count). The third-order valence-electron chi connectivity index (χ3n) is 5.87. The fourth-order valence-corrected chi connectivity index (χ4v) is 4.83. The Morgan fingerprint density at radius 2 is 1.97 bits per heavy atom. The number of anilines is 1.